The monoisotopic (exact) mass is 445 g/mol. The van der Waals surface area contributed by atoms with E-state index in [1.165, 1.54) is 12.3 Å². The van der Waals surface area contributed by atoms with E-state index in [0.717, 1.165) is 25.3 Å². The number of rotatable bonds is 5. The summed E-state index contributed by atoms with van der Waals surface area (Å²) >= 11 is 0. The number of aromatic nitrogens is 1. The van der Waals surface area contributed by atoms with Gasteiger partial charge in [0.25, 0.3) is 11.8 Å². The van der Waals surface area contributed by atoms with E-state index in [4.69, 9.17) is 15.2 Å². The van der Waals surface area contributed by atoms with Gasteiger partial charge in [0, 0.05) is 23.4 Å². The Morgan fingerprint density at radius 1 is 1.26 bits per heavy atom. The van der Waals surface area contributed by atoms with Crippen LogP contribution in [0.2, 0.25) is 0 Å². The van der Waals surface area contributed by atoms with Crippen LogP contribution in [0.1, 0.15) is 28.4 Å². The van der Waals surface area contributed by atoms with Gasteiger partial charge in [-0.15, -0.1) is 0 Å². The minimum Gasteiger partial charge on any atom is -0.493 e. The molecule has 2 aromatic rings. The van der Waals surface area contributed by atoms with E-state index < -0.39 is 59.9 Å². The van der Waals surface area contributed by atoms with Crippen molar-refractivity contribution in [3.05, 3.63) is 53.4 Å². The molecule has 1 unspecified atom stereocenters. The minimum atomic E-state index is -4.80. The van der Waals surface area contributed by atoms with Crippen molar-refractivity contribution in [1.82, 2.24) is 4.98 Å². The second-order valence-electron chi connectivity index (χ2n) is 6.70. The van der Waals surface area contributed by atoms with E-state index in [1.807, 2.05) is 0 Å². The number of nitrogens with zero attached hydrogens (tertiary/aromatic N) is 1. The molecule has 2 amide bonds. The van der Waals surface area contributed by atoms with Crippen molar-refractivity contribution in [3.63, 3.8) is 0 Å². The Balaban J connectivity index is 1.96. The van der Waals surface area contributed by atoms with Crippen LogP contribution in [-0.2, 0) is 9.53 Å². The molecule has 1 fully saturated rings. The van der Waals surface area contributed by atoms with Crippen LogP contribution >= 0.6 is 0 Å². The average molecular weight is 445 g/mol. The first-order chi connectivity index (χ1) is 14.5. The van der Waals surface area contributed by atoms with Crippen LogP contribution in [0.5, 0.6) is 5.75 Å². The summed E-state index contributed by atoms with van der Waals surface area (Å²) in [6, 6.07) is 4.18. The number of nitrogens with two attached hydrogens (primary N) is 1. The molecule has 0 saturated carbocycles. The fraction of sp³-hybridized carbons (Fsp3) is 0.316. The number of benzene rings is 1. The van der Waals surface area contributed by atoms with Gasteiger partial charge in [-0.05, 0) is 24.6 Å². The number of nitrogens with one attached hydrogen (secondary N) is 1. The lowest BCUT2D eigenvalue weighted by atomic mass is 9.89. The Kier molecular flexibility index (Phi) is 6.11. The molecule has 1 aromatic heterocycles. The van der Waals surface area contributed by atoms with Crippen LogP contribution in [0.4, 0.5) is 27.6 Å². The number of carbonyl (C=O) groups is 2. The molecule has 0 aliphatic carbocycles. The lowest BCUT2D eigenvalue weighted by Gasteiger charge is -2.21. The Labute approximate surface area is 172 Å². The molecule has 31 heavy (non-hydrogen) atoms. The van der Waals surface area contributed by atoms with Gasteiger partial charge in [0.2, 0.25) is 5.82 Å². The number of hydrogen-bond acceptors (Lipinski definition) is 5. The summed E-state index contributed by atoms with van der Waals surface area (Å²) in [5, 5.41) is 2.33. The Hall–Kier alpha value is -3.28. The summed E-state index contributed by atoms with van der Waals surface area (Å²) in [6.45, 7) is 0. The molecular formula is C19H16F5N3O4. The smallest absolute Gasteiger partial charge is 0.414 e. The minimum absolute atomic E-state index is 0.0314. The van der Waals surface area contributed by atoms with Gasteiger partial charge < -0.3 is 20.5 Å². The van der Waals surface area contributed by atoms with Crippen LogP contribution < -0.4 is 15.8 Å². The largest absolute Gasteiger partial charge is 0.493 e. The number of carbonyl (C=O) groups excluding carboxylic acids is 2. The third kappa shape index (κ3) is 4.58. The van der Waals surface area contributed by atoms with Gasteiger partial charge in [0.05, 0.1) is 7.11 Å². The number of pyridine rings is 1. The first-order valence-electron chi connectivity index (χ1n) is 8.83. The molecule has 2 heterocycles. The Bertz CT molecular complexity index is 1010. The number of halogens is 5. The zero-order valence-electron chi connectivity index (χ0n) is 15.9. The van der Waals surface area contributed by atoms with E-state index in [9.17, 15) is 31.5 Å². The van der Waals surface area contributed by atoms with Gasteiger partial charge in [-0.3, -0.25) is 14.6 Å². The van der Waals surface area contributed by atoms with E-state index in [2.05, 4.69) is 10.3 Å². The van der Waals surface area contributed by atoms with E-state index in [-0.39, 0.29) is 16.9 Å². The van der Waals surface area contributed by atoms with E-state index >= 15 is 0 Å². The molecule has 1 aliphatic rings. The summed E-state index contributed by atoms with van der Waals surface area (Å²) in [4.78, 5) is 27.7. The third-order valence-corrected chi connectivity index (χ3v) is 4.73. The van der Waals surface area contributed by atoms with Gasteiger partial charge in [0.1, 0.15) is 11.8 Å². The van der Waals surface area contributed by atoms with Crippen molar-refractivity contribution in [3.8, 4) is 5.75 Å². The molecule has 166 valence electrons. The number of alkyl halides is 3. The first-order valence-corrected chi connectivity index (χ1v) is 8.83. The molecule has 1 aromatic carbocycles. The second kappa shape index (κ2) is 8.46. The van der Waals surface area contributed by atoms with Crippen molar-refractivity contribution in [2.45, 2.75) is 30.7 Å². The number of anilines is 1. The summed E-state index contributed by atoms with van der Waals surface area (Å²) in [6.07, 6.45) is -8.37. The van der Waals surface area contributed by atoms with E-state index in [0.29, 0.717) is 0 Å². The maximum absolute atomic E-state index is 14.1. The van der Waals surface area contributed by atoms with Gasteiger partial charge in [0.15, 0.2) is 17.7 Å². The zero-order valence-corrected chi connectivity index (χ0v) is 15.9. The van der Waals surface area contributed by atoms with Gasteiger partial charge in [-0.2, -0.15) is 17.6 Å². The van der Waals surface area contributed by atoms with Gasteiger partial charge >= 0.3 is 6.18 Å². The normalized spacial score (nSPS) is 21.0. The van der Waals surface area contributed by atoms with Crippen LogP contribution in [0.25, 0.3) is 0 Å². The second-order valence-corrected chi connectivity index (χ2v) is 6.70. The van der Waals surface area contributed by atoms with Crippen molar-refractivity contribution in [1.29, 1.82) is 0 Å². The molecule has 0 spiro atoms. The molecule has 1 saturated heterocycles. The van der Waals surface area contributed by atoms with Gasteiger partial charge in [-0.25, -0.2) is 4.39 Å². The van der Waals surface area contributed by atoms with Gasteiger partial charge in [-0.1, -0.05) is 6.07 Å². The Morgan fingerprint density at radius 3 is 2.58 bits per heavy atom. The SMILES string of the molecule is COc1c([C@H]2CC(C(F)(F)F)O[C@H]2C(=O)Nc2ccnc(C(N)=O)c2)ccc(F)c1F. The maximum atomic E-state index is 14.1. The van der Waals surface area contributed by atoms with Crippen molar-refractivity contribution in [2.24, 2.45) is 5.73 Å². The highest BCUT2D eigenvalue weighted by atomic mass is 19.4. The highest BCUT2D eigenvalue weighted by Crippen LogP contribution is 2.45. The summed E-state index contributed by atoms with van der Waals surface area (Å²) in [5.74, 6) is -6.44. The molecule has 12 heteroatoms. The Morgan fingerprint density at radius 2 is 1.97 bits per heavy atom. The number of primary amides is 1. The van der Waals surface area contributed by atoms with Crippen LogP contribution in [0.3, 0.4) is 0 Å². The predicted molar refractivity (Wildman–Crippen MR) is 96.4 cm³/mol. The van der Waals surface area contributed by atoms with Crippen molar-refractivity contribution in [2.75, 3.05) is 12.4 Å². The fourth-order valence-electron chi connectivity index (χ4n) is 3.33. The quantitative estimate of drug-likeness (QED) is 0.689. The number of ether oxygens (including phenoxy) is 2. The van der Waals surface area contributed by atoms with Crippen LogP contribution in [-0.4, -0.2) is 42.3 Å². The molecule has 1 aliphatic heterocycles. The average Bonchev–Trinajstić information content (AvgIpc) is 3.16. The summed E-state index contributed by atoms with van der Waals surface area (Å²) in [5.41, 5.74) is 4.81. The van der Waals surface area contributed by atoms with Crippen LogP contribution in [0.15, 0.2) is 30.5 Å². The molecule has 0 radical (unpaired) electrons. The zero-order chi connectivity index (χ0) is 22.9. The lowest BCUT2D eigenvalue weighted by Crippen LogP contribution is -2.34. The molecule has 3 atom stereocenters. The van der Waals surface area contributed by atoms with Crippen molar-refractivity contribution >= 4 is 17.5 Å². The topological polar surface area (TPSA) is 104 Å². The highest BCUT2D eigenvalue weighted by Gasteiger charge is 2.52. The molecule has 3 rings (SSSR count). The fourth-order valence-corrected chi connectivity index (χ4v) is 3.33. The summed E-state index contributed by atoms with van der Waals surface area (Å²) in [7, 11) is 1.02. The van der Waals surface area contributed by atoms with Crippen molar-refractivity contribution < 1.29 is 41.0 Å². The number of methoxy groups -OCH3 is 1. The first kappa shape index (κ1) is 22.4. The molecule has 3 N–H and O–H groups in total. The van der Waals surface area contributed by atoms with Crippen LogP contribution in [0, 0.1) is 11.6 Å². The molecular weight excluding hydrogens is 429 g/mol. The van der Waals surface area contributed by atoms with E-state index in [1.54, 1.807) is 0 Å². The molecule has 7 nitrogen and oxygen atoms in total. The maximum Gasteiger partial charge on any atom is 0.414 e. The molecule has 0 bridgehead atoms. The number of amides is 2. The lowest BCUT2D eigenvalue weighted by molar-refractivity contribution is -0.213. The standard InChI is InChI=1S/C19H16F5N3O4/c1-30-15-9(2-3-11(20)14(15)21)10-7-13(19(22,23)24)31-16(10)18(29)27-8-4-5-26-12(6-8)17(25)28/h2-6,10,13,16H,7H2,1H3,(H2,25,28)(H,26,27,29)/t10-,13?,16-/m1/s1. The number of hydrogen-bond donors (Lipinski definition) is 2. The third-order valence-electron chi connectivity index (χ3n) is 4.73. The summed E-state index contributed by atoms with van der Waals surface area (Å²) < 4.78 is 77.4. The predicted octanol–water partition coefficient (Wildman–Crippen LogP) is 2.91. The highest BCUT2D eigenvalue weighted by molar-refractivity contribution is 5.97.